The van der Waals surface area contributed by atoms with Gasteiger partial charge >= 0.3 is 0 Å². The van der Waals surface area contributed by atoms with Crippen LogP contribution >= 0.6 is 12.4 Å². The van der Waals surface area contributed by atoms with Crippen molar-refractivity contribution < 1.29 is 4.79 Å². The zero-order chi connectivity index (χ0) is 12.3. The lowest BCUT2D eigenvalue weighted by molar-refractivity contribution is -0.135. The molecule has 3 nitrogen and oxygen atoms in total. The van der Waals surface area contributed by atoms with Crippen molar-refractivity contribution in [1.82, 2.24) is 4.90 Å². The first-order valence-corrected chi connectivity index (χ1v) is 7.20. The van der Waals surface area contributed by atoms with Gasteiger partial charge in [-0.15, -0.1) is 12.4 Å². The summed E-state index contributed by atoms with van der Waals surface area (Å²) in [5.74, 6) is 1.90. The molecule has 2 N–H and O–H groups in total. The summed E-state index contributed by atoms with van der Waals surface area (Å²) in [4.78, 5) is 14.2. The smallest absolute Gasteiger partial charge is 0.222 e. The molecule has 2 unspecified atom stereocenters. The zero-order valence-electron chi connectivity index (χ0n) is 11.4. The van der Waals surface area contributed by atoms with E-state index in [0.717, 1.165) is 44.1 Å². The van der Waals surface area contributed by atoms with Gasteiger partial charge in [0, 0.05) is 25.6 Å². The molecule has 2 atom stereocenters. The van der Waals surface area contributed by atoms with Crippen molar-refractivity contribution >= 4 is 18.3 Å². The molecule has 1 aliphatic carbocycles. The summed E-state index contributed by atoms with van der Waals surface area (Å²) >= 11 is 0. The molecule has 0 spiro atoms. The summed E-state index contributed by atoms with van der Waals surface area (Å²) in [7, 11) is 0. The number of piperidine rings is 1. The highest BCUT2D eigenvalue weighted by molar-refractivity contribution is 5.85. The highest BCUT2D eigenvalue weighted by Gasteiger charge is 2.29. The number of carbonyl (C=O) groups excluding carboxylic acids is 1. The van der Waals surface area contributed by atoms with Crippen LogP contribution in [-0.4, -0.2) is 29.9 Å². The Bertz CT molecular complexity index is 269. The topological polar surface area (TPSA) is 46.3 Å². The summed E-state index contributed by atoms with van der Waals surface area (Å²) < 4.78 is 0. The molecular weight excluding hydrogens is 248 g/mol. The van der Waals surface area contributed by atoms with Crippen molar-refractivity contribution in [2.45, 2.75) is 57.9 Å². The van der Waals surface area contributed by atoms with Crippen LogP contribution in [0.15, 0.2) is 0 Å². The SMILES string of the molecule is CC1CCN(C(=O)CCC2CCC2)C(CN)C1.Cl. The summed E-state index contributed by atoms with van der Waals surface area (Å²) in [6.07, 6.45) is 8.12. The van der Waals surface area contributed by atoms with Crippen LogP contribution in [-0.2, 0) is 4.79 Å². The molecule has 106 valence electrons. The second kappa shape index (κ2) is 7.34. The fourth-order valence-electron chi connectivity index (χ4n) is 3.06. The van der Waals surface area contributed by atoms with Crippen LogP contribution in [0.2, 0.25) is 0 Å². The number of hydrogen-bond donors (Lipinski definition) is 1. The average molecular weight is 275 g/mol. The Kier molecular flexibility index (Phi) is 6.44. The Hall–Kier alpha value is -0.280. The van der Waals surface area contributed by atoms with Crippen molar-refractivity contribution in [3.8, 4) is 0 Å². The van der Waals surface area contributed by atoms with Gasteiger partial charge in [-0.2, -0.15) is 0 Å². The number of hydrogen-bond acceptors (Lipinski definition) is 2. The second-order valence-electron chi connectivity index (χ2n) is 5.94. The van der Waals surface area contributed by atoms with Gasteiger partial charge in [0.05, 0.1) is 0 Å². The third kappa shape index (κ3) is 3.86. The van der Waals surface area contributed by atoms with Crippen molar-refractivity contribution in [1.29, 1.82) is 0 Å². The van der Waals surface area contributed by atoms with E-state index in [9.17, 15) is 4.79 Å². The van der Waals surface area contributed by atoms with E-state index >= 15 is 0 Å². The van der Waals surface area contributed by atoms with Gasteiger partial charge in [-0.25, -0.2) is 0 Å². The van der Waals surface area contributed by atoms with Crippen LogP contribution in [0.25, 0.3) is 0 Å². The van der Waals surface area contributed by atoms with Crippen LogP contribution in [0.4, 0.5) is 0 Å². The fourth-order valence-corrected chi connectivity index (χ4v) is 3.06. The number of rotatable bonds is 4. The highest BCUT2D eigenvalue weighted by atomic mass is 35.5. The molecule has 1 heterocycles. The zero-order valence-corrected chi connectivity index (χ0v) is 12.3. The third-order valence-electron chi connectivity index (χ3n) is 4.56. The Morgan fingerprint density at radius 3 is 2.61 bits per heavy atom. The van der Waals surface area contributed by atoms with E-state index in [2.05, 4.69) is 11.8 Å². The van der Waals surface area contributed by atoms with Crippen LogP contribution in [0.3, 0.4) is 0 Å². The average Bonchev–Trinajstić information content (AvgIpc) is 2.26. The lowest BCUT2D eigenvalue weighted by Crippen LogP contribution is -2.49. The number of carbonyl (C=O) groups is 1. The van der Waals surface area contributed by atoms with Crippen LogP contribution in [0.5, 0.6) is 0 Å². The first-order valence-electron chi connectivity index (χ1n) is 7.20. The maximum atomic E-state index is 12.2. The van der Waals surface area contributed by atoms with Crippen molar-refractivity contribution in [2.75, 3.05) is 13.1 Å². The fraction of sp³-hybridized carbons (Fsp3) is 0.929. The molecule has 2 aliphatic rings. The van der Waals surface area contributed by atoms with E-state index < -0.39 is 0 Å². The number of nitrogens with two attached hydrogens (primary N) is 1. The van der Waals surface area contributed by atoms with Gasteiger partial charge in [-0.05, 0) is 31.1 Å². The van der Waals surface area contributed by atoms with Gasteiger partial charge in [0.15, 0.2) is 0 Å². The minimum atomic E-state index is 0. The van der Waals surface area contributed by atoms with Gasteiger partial charge < -0.3 is 10.6 Å². The molecule has 2 rings (SSSR count). The minimum absolute atomic E-state index is 0. The maximum Gasteiger partial charge on any atom is 0.222 e. The molecule has 0 radical (unpaired) electrons. The van der Waals surface area contributed by atoms with Gasteiger partial charge in [-0.3, -0.25) is 4.79 Å². The predicted octanol–water partition coefficient (Wildman–Crippen LogP) is 2.57. The summed E-state index contributed by atoms with van der Waals surface area (Å²) in [6, 6.07) is 0.299. The lowest BCUT2D eigenvalue weighted by atomic mass is 9.82. The predicted molar refractivity (Wildman–Crippen MR) is 76.8 cm³/mol. The molecule has 1 aliphatic heterocycles. The molecule has 1 saturated heterocycles. The van der Waals surface area contributed by atoms with Crippen molar-refractivity contribution in [3.63, 3.8) is 0 Å². The van der Waals surface area contributed by atoms with Gasteiger partial charge in [-0.1, -0.05) is 26.2 Å². The van der Waals surface area contributed by atoms with Gasteiger partial charge in [0.1, 0.15) is 0 Å². The second-order valence-corrected chi connectivity index (χ2v) is 5.94. The molecule has 1 saturated carbocycles. The Balaban J connectivity index is 0.00000162. The molecule has 0 aromatic rings. The molecule has 4 heteroatoms. The number of nitrogens with zero attached hydrogens (tertiary/aromatic N) is 1. The van der Waals surface area contributed by atoms with Crippen LogP contribution in [0.1, 0.15) is 51.9 Å². The summed E-state index contributed by atoms with van der Waals surface area (Å²) in [5.41, 5.74) is 5.79. The van der Waals surface area contributed by atoms with E-state index in [0.29, 0.717) is 18.5 Å². The molecule has 1 amide bonds. The van der Waals surface area contributed by atoms with E-state index in [1.165, 1.54) is 19.3 Å². The quantitative estimate of drug-likeness (QED) is 0.856. The van der Waals surface area contributed by atoms with E-state index in [-0.39, 0.29) is 12.4 Å². The van der Waals surface area contributed by atoms with Crippen molar-refractivity contribution in [3.05, 3.63) is 0 Å². The Morgan fingerprint density at radius 2 is 2.06 bits per heavy atom. The standard InChI is InChI=1S/C14H26N2O.ClH/c1-11-7-8-16(13(9-11)10-15)14(17)6-5-12-3-2-4-12;/h11-13H,2-10,15H2,1H3;1H. The lowest BCUT2D eigenvalue weighted by Gasteiger charge is -2.38. The number of amides is 1. The molecule has 0 aromatic carbocycles. The molecule has 2 fully saturated rings. The summed E-state index contributed by atoms with van der Waals surface area (Å²) in [5, 5.41) is 0. The monoisotopic (exact) mass is 274 g/mol. The van der Waals surface area contributed by atoms with Crippen LogP contribution in [0, 0.1) is 11.8 Å². The van der Waals surface area contributed by atoms with Crippen molar-refractivity contribution in [2.24, 2.45) is 17.6 Å². The first-order chi connectivity index (χ1) is 8.20. The Labute approximate surface area is 117 Å². The van der Waals surface area contributed by atoms with Crippen LogP contribution < -0.4 is 5.73 Å². The molecule has 0 bridgehead atoms. The molecule has 18 heavy (non-hydrogen) atoms. The van der Waals surface area contributed by atoms with Gasteiger partial charge in [0.2, 0.25) is 5.91 Å². The first kappa shape index (κ1) is 15.8. The normalized spacial score (nSPS) is 28.4. The van der Waals surface area contributed by atoms with E-state index in [1.54, 1.807) is 0 Å². The maximum absolute atomic E-state index is 12.2. The number of halogens is 1. The van der Waals surface area contributed by atoms with E-state index in [1.807, 2.05) is 0 Å². The largest absolute Gasteiger partial charge is 0.338 e. The number of likely N-dealkylation sites (tertiary alicyclic amines) is 1. The minimum Gasteiger partial charge on any atom is -0.338 e. The molecular formula is C14H27ClN2O. The van der Waals surface area contributed by atoms with E-state index in [4.69, 9.17) is 5.73 Å². The third-order valence-corrected chi connectivity index (χ3v) is 4.56. The highest BCUT2D eigenvalue weighted by Crippen LogP contribution is 2.31. The summed E-state index contributed by atoms with van der Waals surface area (Å²) in [6.45, 7) is 3.81. The van der Waals surface area contributed by atoms with Gasteiger partial charge in [0.25, 0.3) is 0 Å². The molecule has 0 aromatic heterocycles. The Morgan fingerprint density at radius 1 is 1.33 bits per heavy atom.